The summed E-state index contributed by atoms with van der Waals surface area (Å²) in [6.07, 6.45) is 2.66. The van der Waals surface area contributed by atoms with Crippen molar-refractivity contribution in [2.24, 2.45) is 0 Å². The van der Waals surface area contributed by atoms with Crippen LogP contribution in [-0.2, 0) is 6.42 Å². The first-order valence-corrected chi connectivity index (χ1v) is 8.12. The molecule has 0 unspecified atom stereocenters. The van der Waals surface area contributed by atoms with Crippen LogP contribution in [0.3, 0.4) is 0 Å². The Balaban J connectivity index is 1.59. The molecule has 0 amide bonds. The van der Waals surface area contributed by atoms with Crippen LogP contribution in [0.4, 0.5) is 0 Å². The van der Waals surface area contributed by atoms with Crippen LogP contribution in [0.1, 0.15) is 12.8 Å². The summed E-state index contributed by atoms with van der Waals surface area (Å²) in [6.45, 7) is 2.01. The molecule has 0 fully saturated rings. The molecule has 0 radical (unpaired) electrons. The minimum Gasteiger partial charge on any atom is -0.441 e. The second kappa shape index (κ2) is 5.31. The Morgan fingerprint density at radius 2 is 2.04 bits per heavy atom. The van der Waals surface area contributed by atoms with Gasteiger partial charge in [0.05, 0.1) is 0 Å². The molecule has 0 aliphatic carbocycles. The van der Waals surface area contributed by atoms with Crippen molar-refractivity contribution in [3.8, 4) is 22.8 Å². The van der Waals surface area contributed by atoms with Crippen molar-refractivity contribution >= 4 is 22.0 Å². The zero-order valence-corrected chi connectivity index (χ0v) is 13.5. The number of aromatic amines is 1. The highest BCUT2D eigenvalue weighted by Crippen LogP contribution is 2.29. The van der Waals surface area contributed by atoms with Crippen LogP contribution in [-0.4, -0.2) is 20.1 Å². The zero-order chi connectivity index (χ0) is 16.8. The second-order valence-electron chi connectivity index (χ2n) is 5.81. The number of H-pyrrole nitrogens is 1. The fraction of sp³-hybridized carbons (Fsp3) is 0.105. The normalized spacial score (nSPS) is 11.6. The summed E-state index contributed by atoms with van der Waals surface area (Å²) in [4.78, 5) is 12.2. The van der Waals surface area contributed by atoms with Crippen molar-refractivity contribution in [2.75, 3.05) is 0 Å². The summed E-state index contributed by atoms with van der Waals surface area (Å²) in [5.74, 6) is 1.75. The molecule has 0 spiro atoms. The number of nitrogens with one attached hydrogen (secondary N) is 1. The predicted molar refractivity (Wildman–Crippen MR) is 94.0 cm³/mol. The highest BCUT2D eigenvalue weighted by atomic mass is 16.5. The number of rotatable bonds is 3. The first kappa shape index (κ1) is 14.0. The molecule has 25 heavy (non-hydrogen) atoms. The fourth-order valence-corrected chi connectivity index (χ4v) is 2.99. The van der Waals surface area contributed by atoms with Gasteiger partial charge < -0.3 is 13.9 Å². The number of hydrogen-bond donors (Lipinski definition) is 1. The molecule has 5 aromatic rings. The standard InChI is InChI=1S/C19H14N4O2/c1-2-17-21-15-10-11(6-7-16(15)24-17)18-22-19(25-23-18)13-4-3-5-14-12(13)8-9-20-14/h3-10,20H,2H2,1H3. The third-order valence-electron chi connectivity index (χ3n) is 4.24. The lowest BCUT2D eigenvalue weighted by Gasteiger charge is -1.96. The van der Waals surface area contributed by atoms with Crippen molar-refractivity contribution in [1.29, 1.82) is 0 Å². The van der Waals surface area contributed by atoms with E-state index >= 15 is 0 Å². The van der Waals surface area contributed by atoms with Crippen LogP contribution in [0.25, 0.3) is 44.8 Å². The van der Waals surface area contributed by atoms with Gasteiger partial charge in [-0.15, -0.1) is 0 Å². The van der Waals surface area contributed by atoms with Gasteiger partial charge in [0, 0.05) is 34.6 Å². The van der Waals surface area contributed by atoms with Gasteiger partial charge in [-0.3, -0.25) is 0 Å². The maximum absolute atomic E-state index is 5.64. The molecular weight excluding hydrogens is 316 g/mol. The van der Waals surface area contributed by atoms with E-state index in [0.717, 1.165) is 45.4 Å². The summed E-state index contributed by atoms with van der Waals surface area (Å²) in [6, 6.07) is 13.7. The van der Waals surface area contributed by atoms with Gasteiger partial charge in [-0.2, -0.15) is 4.98 Å². The van der Waals surface area contributed by atoms with Crippen molar-refractivity contribution < 1.29 is 8.94 Å². The smallest absolute Gasteiger partial charge is 0.258 e. The van der Waals surface area contributed by atoms with E-state index in [1.54, 1.807) is 0 Å². The van der Waals surface area contributed by atoms with Crippen LogP contribution < -0.4 is 0 Å². The number of hydrogen-bond acceptors (Lipinski definition) is 5. The maximum Gasteiger partial charge on any atom is 0.258 e. The summed E-state index contributed by atoms with van der Waals surface area (Å²) in [7, 11) is 0. The SMILES string of the molecule is CCc1nc2cc(-c3noc(-c4cccc5[nH]ccc45)n3)ccc2o1. The number of aromatic nitrogens is 4. The fourth-order valence-electron chi connectivity index (χ4n) is 2.99. The average Bonchev–Trinajstić information content (AvgIpc) is 3.37. The van der Waals surface area contributed by atoms with E-state index in [2.05, 4.69) is 20.1 Å². The summed E-state index contributed by atoms with van der Waals surface area (Å²) < 4.78 is 11.1. The van der Waals surface area contributed by atoms with Crippen molar-refractivity contribution in [3.63, 3.8) is 0 Å². The van der Waals surface area contributed by atoms with Crippen LogP contribution in [0.2, 0.25) is 0 Å². The third-order valence-corrected chi connectivity index (χ3v) is 4.24. The number of nitrogens with zero attached hydrogens (tertiary/aromatic N) is 3. The Labute approximate surface area is 142 Å². The van der Waals surface area contributed by atoms with Gasteiger partial charge in [-0.1, -0.05) is 18.1 Å². The summed E-state index contributed by atoms with van der Waals surface area (Å²) >= 11 is 0. The molecule has 3 heterocycles. The summed E-state index contributed by atoms with van der Waals surface area (Å²) in [5, 5.41) is 5.19. The van der Waals surface area contributed by atoms with Gasteiger partial charge in [0.2, 0.25) is 5.82 Å². The number of benzene rings is 2. The maximum atomic E-state index is 5.64. The average molecular weight is 330 g/mol. The molecule has 122 valence electrons. The Morgan fingerprint density at radius 1 is 1.08 bits per heavy atom. The monoisotopic (exact) mass is 330 g/mol. The van der Waals surface area contributed by atoms with Gasteiger partial charge in [0.1, 0.15) is 5.52 Å². The van der Waals surface area contributed by atoms with Crippen molar-refractivity contribution in [1.82, 2.24) is 20.1 Å². The minimum absolute atomic E-state index is 0.495. The molecule has 1 N–H and O–H groups in total. The van der Waals surface area contributed by atoms with E-state index in [-0.39, 0.29) is 0 Å². The van der Waals surface area contributed by atoms with E-state index < -0.39 is 0 Å². The molecule has 0 atom stereocenters. The Hall–Kier alpha value is -3.41. The Morgan fingerprint density at radius 3 is 2.96 bits per heavy atom. The van der Waals surface area contributed by atoms with Crippen molar-refractivity contribution in [2.45, 2.75) is 13.3 Å². The molecule has 0 aliphatic heterocycles. The molecule has 2 aromatic carbocycles. The molecule has 5 rings (SSSR count). The van der Waals surface area contributed by atoms with E-state index in [1.165, 1.54) is 0 Å². The zero-order valence-electron chi connectivity index (χ0n) is 13.5. The third kappa shape index (κ3) is 2.22. The van der Waals surface area contributed by atoms with Gasteiger partial charge in [-0.25, -0.2) is 4.98 Å². The molecule has 6 nitrogen and oxygen atoms in total. The molecule has 3 aromatic heterocycles. The molecular formula is C19H14N4O2. The Bertz CT molecular complexity index is 1200. The predicted octanol–water partition coefficient (Wildman–Crippen LogP) is 4.59. The lowest BCUT2D eigenvalue weighted by atomic mass is 10.1. The van der Waals surface area contributed by atoms with Gasteiger partial charge in [0.15, 0.2) is 11.5 Å². The lowest BCUT2D eigenvalue weighted by Crippen LogP contribution is -1.82. The highest BCUT2D eigenvalue weighted by molar-refractivity contribution is 5.93. The Kier molecular flexibility index (Phi) is 2.97. The largest absolute Gasteiger partial charge is 0.441 e. The molecule has 0 saturated heterocycles. The number of fused-ring (bicyclic) bond motifs is 2. The van der Waals surface area contributed by atoms with Crippen LogP contribution in [0.15, 0.2) is 57.6 Å². The van der Waals surface area contributed by atoms with Gasteiger partial charge in [-0.05, 0) is 36.4 Å². The molecule has 0 aliphatic rings. The van der Waals surface area contributed by atoms with Crippen molar-refractivity contribution in [3.05, 3.63) is 54.6 Å². The number of aryl methyl sites for hydroxylation is 1. The molecule has 6 heteroatoms. The number of oxazole rings is 1. The lowest BCUT2D eigenvalue weighted by molar-refractivity contribution is 0.432. The summed E-state index contributed by atoms with van der Waals surface area (Å²) in [5.41, 5.74) is 4.36. The topological polar surface area (TPSA) is 80.7 Å². The van der Waals surface area contributed by atoms with Gasteiger partial charge in [0.25, 0.3) is 5.89 Å². The van der Waals surface area contributed by atoms with E-state index in [1.807, 2.05) is 55.6 Å². The van der Waals surface area contributed by atoms with Crippen LogP contribution in [0.5, 0.6) is 0 Å². The second-order valence-corrected chi connectivity index (χ2v) is 5.81. The van der Waals surface area contributed by atoms with Crippen LogP contribution in [0, 0.1) is 0 Å². The minimum atomic E-state index is 0.495. The van der Waals surface area contributed by atoms with Crippen LogP contribution >= 0.6 is 0 Å². The van der Waals surface area contributed by atoms with E-state index in [0.29, 0.717) is 11.7 Å². The highest BCUT2D eigenvalue weighted by Gasteiger charge is 2.15. The van der Waals surface area contributed by atoms with E-state index in [9.17, 15) is 0 Å². The first-order chi connectivity index (χ1) is 12.3. The molecule has 0 bridgehead atoms. The first-order valence-electron chi connectivity index (χ1n) is 8.12. The molecule has 0 saturated carbocycles. The quantitative estimate of drug-likeness (QED) is 0.523. The van der Waals surface area contributed by atoms with E-state index in [4.69, 9.17) is 8.94 Å². The van der Waals surface area contributed by atoms with Gasteiger partial charge >= 0.3 is 0 Å².